The maximum atomic E-state index is 10.5. The highest BCUT2D eigenvalue weighted by Gasteiger charge is 2.33. The Labute approximate surface area is 246 Å². The lowest BCUT2D eigenvalue weighted by molar-refractivity contribution is -0.230. The monoisotopic (exact) mass is 587 g/mol. The van der Waals surface area contributed by atoms with E-state index in [4.69, 9.17) is 25.4 Å². The number of aliphatic hydroxyl groups is 5. The van der Waals surface area contributed by atoms with E-state index < -0.39 is 18.5 Å². The van der Waals surface area contributed by atoms with Gasteiger partial charge in [-0.15, -0.1) is 0 Å². The second-order valence-electron chi connectivity index (χ2n) is 9.38. The van der Waals surface area contributed by atoms with Gasteiger partial charge in [0.25, 0.3) is 0 Å². The van der Waals surface area contributed by atoms with E-state index in [2.05, 4.69) is 4.74 Å². The largest absolute Gasteiger partial charge is 0.400 e. The zero-order chi connectivity index (χ0) is 32.7. The molecule has 1 aliphatic rings. The summed E-state index contributed by atoms with van der Waals surface area (Å²) < 4.78 is 14.7. The number of methoxy groups -OCH3 is 2. The molecule has 40 heavy (non-hydrogen) atoms. The van der Waals surface area contributed by atoms with Crippen molar-refractivity contribution in [1.29, 1.82) is 0 Å². The second kappa shape index (κ2) is 36.3. The zero-order valence-corrected chi connectivity index (χ0v) is 27.9. The summed E-state index contributed by atoms with van der Waals surface area (Å²) in [5.74, 6) is 0.379. The fourth-order valence-electron chi connectivity index (χ4n) is 3.44. The smallest absolute Gasteiger partial charge is 0.184 e. The fraction of sp³-hybridized carbons (Fsp3) is 0.967. The van der Waals surface area contributed by atoms with Crippen LogP contribution in [0.15, 0.2) is 0 Å². The molecule has 0 spiro atoms. The van der Waals surface area contributed by atoms with Gasteiger partial charge in [0.05, 0.1) is 24.9 Å². The Kier molecular flexibility index (Phi) is 44.5. The van der Waals surface area contributed by atoms with Gasteiger partial charge in [-0.25, -0.2) is 0 Å². The summed E-state index contributed by atoms with van der Waals surface area (Å²) in [4.78, 5) is 10.5. The van der Waals surface area contributed by atoms with Crippen LogP contribution in [0.5, 0.6) is 0 Å². The van der Waals surface area contributed by atoms with Gasteiger partial charge >= 0.3 is 0 Å². The van der Waals surface area contributed by atoms with Gasteiger partial charge in [0.2, 0.25) is 0 Å². The van der Waals surface area contributed by atoms with Gasteiger partial charge in [-0.1, -0.05) is 54.9 Å². The minimum Gasteiger partial charge on any atom is -0.400 e. The van der Waals surface area contributed by atoms with Crippen molar-refractivity contribution < 1.29 is 44.5 Å². The van der Waals surface area contributed by atoms with Crippen LogP contribution in [-0.2, 0) is 19.0 Å². The molecule has 9 atom stereocenters. The SMILES string of the molecule is CC.CC.CC(C=O)CCCC(O)CCC(C)C(C)C(O)CO.CCOC.CO.COC1OC(C)CC(N)C1O. The number of hydrogen-bond donors (Lipinski definition) is 6. The Morgan fingerprint density at radius 3 is 1.90 bits per heavy atom. The minimum atomic E-state index is -0.698. The van der Waals surface area contributed by atoms with Gasteiger partial charge in [0.1, 0.15) is 12.4 Å². The minimum absolute atomic E-state index is 0.0345. The Morgan fingerprint density at radius 1 is 1.00 bits per heavy atom. The van der Waals surface area contributed by atoms with Gasteiger partial charge in [0, 0.05) is 39.9 Å². The predicted molar refractivity (Wildman–Crippen MR) is 164 cm³/mol. The number of aliphatic hydroxyl groups excluding tert-OH is 5. The zero-order valence-electron chi connectivity index (χ0n) is 27.9. The van der Waals surface area contributed by atoms with Gasteiger partial charge in [-0.2, -0.15) is 0 Å². The van der Waals surface area contributed by atoms with Crippen molar-refractivity contribution in [3.63, 3.8) is 0 Å². The first kappa shape index (κ1) is 49.0. The van der Waals surface area contributed by atoms with Crippen molar-refractivity contribution in [2.45, 2.75) is 138 Å². The summed E-state index contributed by atoms with van der Waals surface area (Å²) >= 11 is 0. The lowest BCUT2D eigenvalue weighted by atomic mass is 9.86. The van der Waals surface area contributed by atoms with Crippen LogP contribution in [0.4, 0.5) is 0 Å². The Hall–Kier alpha value is -0.690. The van der Waals surface area contributed by atoms with Gasteiger partial charge in [-0.05, 0) is 57.8 Å². The average Bonchev–Trinajstić information content (AvgIpc) is 3.00. The highest BCUT2D eigenvalue weighted by atomic mass is 16.7. The van der Waals surface area contributed by atoms with Gasteiger partial charge in [0.15, 0.2) is 6.29 Å². The summed E-state index contributed by atoms with van der Waals surface area (Å²) in [6.45, 7) is 18.3. The van der Waals surface area contributed by atoms with Crippen LogP contribution in [0.3, 0.4) is 0 Å². The molecule has 10 heteroatoms. The first-order valence-electron chi connectivity index (χ1n) is 15.0. The molecule has 7 N–H and O–H groups in total. The Balaban J connectivity index is -0.000000163. The fourth-order valence-corrected chi connectivity index (χ4v) is 3.44. The van der Waals surface area contributed by atoms with Crippen LogP contribution in [0.25, 0.3) is 0 Å². The molecule has 0 aromatic carbocycles. The molecule has 1 fully saturated rings. The lowest BCUT2D eigenvalue weighted by Gasteiger charge is -2.35. The molecule has 248 valence electrons. The summed E-state index contributed by atoms with van der Waals surface area (Å²) in [6.07, 6.45) is 3.39. The van der Waals surface area contributed by atoms with E-state index in [-0.39, 0.29) is 42.6 Å². The van der Waals surface area contributed by atoms with E-state index in [0.29, 0.717) is 12.8 Å². The molecule has 0 bridgehead atoms. The normalized spacial score (nSPS) is 23.1. The van der Waals surface area contributed by atoms with E-state index in [0.717, 1.165) is 45.7 Å². The van der Waals surface area contributed by atoms with Gasteiger partial charge in [-0.3, -0.25) is 0 Å². The quantitative estimate of drug-likeness (QED) is 0.175. The van der Waals surface area contributed by atoms with Crippen molar-refractivity contribution in [2.75, 3.05) is 34.5 Å². The number of carbonyl (C=O) groups is 1. The van der Waals surface area contributed by atoms with E-state index in [1.54, 1.807) is 7.11 Å². The third-order valence-electron chi connectivity index (χ3n) is 6.28. The molecule has 1 rings (SSSR count). The summed E-state index contributed by atoms with van der Waals surface area (Å²) in [5.41, 5.74) is 5.62. The molecular formula is C30H69NO9. The molecule has 0 aromatic rings. The van der Waals surface area contributed by atoms with Crippen LogP contribution in [0.1, 0.15) is 101 Å². The number of rotatable bonds is 13. The molecule has 0 amide bonds. The van der Waals surface area contributed by atoms with Crippen molar-refractivity contribution in [2.24, 2.45) is 23.5 Å². The molecular weight excluding hydrogens is 518 g/mol. The number of nitrogens with two attached hydrogens (primary N) is 1. The van der Waals surface area contributed by atoms with E-state index in [1.807, 2.05) is 62.3 Å². The summed E-state index contributed by atoms with van der Waals surface area (Å²) in [5, 5.41) is 44.7. The summed E-state index contributed by atoms with van der Waals surface area (Å²) in [7, 11) is 4.18. The average molecular weight is 588 g/mol. The molecule has 0 radical (unpaired) electrons. The molecule has 9 unspecified atom stereocenters. The van der Waals surface area contributed by atoms with Crippen molar-refractivity contribution in [3.05, 3.63) is 0 Å². The highest BCUT2D eigenvalue weighted by molar-refractivity contribution is 5.52. The first-order chi connectivity index (χ1) is 19.0. The van der Waals surface area contributed by atoms with E-state index in [1.165, 1.54) is 7.11 Å². The van der Waals surface area contributed by atoms with E-state index >= 15 is 0 Å². The van der Waals surface area contributed by atoms with Crippen LogP contribution in [0, 0.1) is 17.8 Å². The predicted octanol–water partition coefficient (Wildman–Crippen LogP) is 3.53. The van der Waals surface area contributed by atoms with Gasteiger partial charge < -0.3 is 50.3 Å². The third kappa shape index (κ3) is 28.8. The number of carbonyl (C=O) groups excluding carboxylic acids is 1. The van der Waals surface area contributed by atoms with Crippen LogP contribution in [-0.4, -0.2) is 103 Å². The van der Waals surface area contributed by atoms with Crippen molar-refractivity contribution in [1.82, 2.24) is 0 Å². The Morgan fingerprint density at radius 2 is 1.50 bits per heavy atom. The highest BCUT2D eigenvalue weighted by Crippen LogP contribution is 2.22. The van der Waals surface area contributed by atoms with Crippen LogP contribution >= 0.6 is 0 Å². The molecule has 0 aliphatic carbocycles. The van der Waals surface area contributed by atoms with Crippen LogP contribution < -0.4 is 5.73 Å². The number of aldehydes is 1. The third-order valence-corrected chi connectivity index (χ3v) is 6.28. The second-order valence-corrected chi connectivity index (χ2v) is 9.38. The van der Waals surface area contributed by atoms with Crippen molar-refractivity contribution in [3.8, 4) is 0 Å². The first-order valence-corrected chi connectivity index (χ1v) is 15.0. The van der Waals surface area contributed by atoms with Crippen molar-refractivity contribution >= 4 is 6.29 Å². The topological polar surface area (TPSA) is 172 Å². The van der Waals surface area contributed by atoms with Crippen LogP contribution in [0.2, 0.25) is 0 Å². The van der Waals surface area contributed by atoms with E-state index in [9.17, 15) is 20.1 Å². The maximum Gasteiger partial charge on any atom is 0.184 e. The number of hydrogen-bond acceptors (Lipinski definition) is 10. The standard InChI is InChI=1S/C15H30O4.C7H15NO3.C3H8O.2C2H6.CH4O/c1-11(9-16)5-4-6-14(18)8-7-12(2)13(3)15(19)10-17;1-4-3-5(8)6(9)7(10-2)11-4;1-3-4-2;3*1-2/h9,11-15,17-19H,4-8,10H2,1-3H3;4-7,9H,3,8H2,1-2H3;3H2,1-2H3;2*1-2H3;2H,1H3. The molecule has 1 saturated heterocycles. The lowest BCUT2D eigenvalue weighted by Crippen LogP contribution is -2.52. The molecule has 10 nitrogen and oxygen atoms in total. The maximum absolute atomic E-state index is 10.5. The molecule has 1 aliphatic heterocycles. The number of ether oxygens (including phenoxy) is 3. The molecule has 0 saturated carbocycles. The summed E-state index contributed by atoms with van der Waals surface area (Å²) in [6, 6.07) is -0.233. The molecule has 0 aromatic heterocycles. The molecule has 1 heterocycles. The Bertz CT molecular complexity index is 472.